The molecule has 0 bridgehead atoms. The Balaban J connectivity index is 1.55. The molecule has 1 N–H and O–H groups in total. The highest BCUT2D eigenvalue weighted by Gasteiger charge is 2.33. The number of fused-ring (bicyclic) bond motifs is 3. The van der Waals surface area contributed by atoms with Crippen molar-refractivity contribution in [1.82, 2.24) is 13.9 Å². The molecule has 2 aromatic carbocycles. The number of thiazole rings is 1. The molecule has 0 saturated carbocycles. The van der Waals surface area contributed by atoms with Crippen LogP contribution in [0.1, 0.15) is 16.1 Å². The zero-order valence-corrected chi connectivity index (χ0v) is 17.9. The molecule has 1 aliphatic heterocycles. The highest BCUT2D eigenvalue weighted by molar-refractivity contribution is 8.01. The number of halogens is 1. The van der Waals surface area contributed by atoms with Gasteiger partial charge in [-0.25, -0.2) is 22.4 Å². The van der Waals surface area contributed by atoms with Gasteiger partial charge >= 0.3 is 0 Å². The summed E-state index contributed by atoms with van der Waals surface area (Å²) >= 11 is 8.98. The first kappa shape index (κ1) is 18.6. The lowest BCUT2D eigenvalue weighted by molar-refractivity contribution is 0.102. The molecule has 0 atom stereocenters. The van der Waals surface area contributed by atoms with Crippen LogP contribution in [0.4, 0.5) is 5.69 Å². The Bertz CT molecular complexity index is 1430. The lowest BCUT2D eigenvalue weighted by Gasteiger charge is -2.20. The Labute approximate surface area is 178 Å². The van der Waals surface area contributed by atoms with Crippen LogP contribution in [0.15, 0.2) is 57.0 Å². The lowest BCUT2D eigenvalue weighted by atomic mass is 10.2. The molecule has 3 heterocycles. The van der Waals surface area contributed by atoms with Gasteiger partial charge < -0.3 is 5.32 Å². The first-order valence-corrected chi connectivity index (χ1v) is 11.8. The molecule has 0 radical (unpaired) electrons. The van der Waals surface area contributed by atoms with Crippen molar-refractivity contribution in [3.63, 3.8) is 0 Å². The summed E-state index contributed by atoms with van der Waals surface area (Å²) in [5.74, 6) is -0.491. The van der Waals surface area contributed by atoms with E-state index in [1.165, 1.54) is 45.4 Å². The van der Waals surface area contributed by atoms with Crippen molar-refractivity contribution < 1.29 is 13.2 Å². The molecule has 1 amide bonds. The molecule has 1 aliphatic rings. The molecule has 7 nitrogen and oxygen atoms in total. The molecule has 0 saturated heterocycles. The average molecular weight is 463 g/mol. The van der Waals surface area contributed by atoms with Crippen LogP contribution in [-0.2, 0) is 10.0 Å². The third-order valence-corrected chi connectivity index (χ3v) is 8.66. The van der Waals surface area contributed by atoms with Crippen molar-refractivity contribution in [2.24, 2.45) is 0 Å². The first-order valence-electron chi connectivity index (χ1n) is 8.30. The van der Waals surface area contributed by atoms with Crippen LogP contribution in [0.5, 0.6) is 0 Å². The van der Waals surface area contributed by atoms with Crippen molar-refractivity contribution in [3.05, 3.63) is 58.3 Å². The molecular formula is C18H11ClN4O3S3. The molecular weight excluding hydrogens is 452 g/mol. The van der Waals surface area contributed by atoms with Gasteiger partial charge in [-0.15, -0.1) is 11.3 Å². The van der Waals surface area contributed by atoms with Gasteiger partial charge in [0.25, 0.3) is 15.9 Å². The second-order valence-electron chi connectivity index (χ2n) is 6.32. The third-order valence-electron chi connectivity index (χ3n) is 4.44. The summed E-state index contributed by atoms with van der Waals surface area (Å²) in [6.07, 6.45) is 1.50. The van der Waals surface area contributed by atoms with Crippen LogP contribution in [-0.4, -0.2) is 28.3 Å². The third kappa shape index (κ3) is 2.94. The van der Waals surface area contributed by atoms with E-state index in [2.05, 4.69) is 15.3 Å². The van der Waals surface area contributed by atoms with E-state index in [0.717, 1.165) is 10.2 Å². The number of carbonyl (C=O) groups excluding carboxylic acids is 1. The van der Waals surface area contributed by atoms with Crippen molar-refractivity contribution in [2.75, 3.05) is 5.32 Å². The van der Waals surface area contributed by atoms with Gasteiger partial charge in [0.1, 0.15) is 4.90 Å². The molecule has 4 aromatic rings. The molecule has 0 unspecified atom stereocenters. The number of aromatic nitrogens is 3. The van der Waals surface area contributed by atoms with E-state index < -0.39 is 15.9 Å². The maximum Gasteiger partial charge on any atom is 0.271 e. The summed E-state index contributed by atoms with van der Waals surface area (Å²) in [5, 5.41) is 3.29. The fourth-order valence-corrected chi connectivity index (χ4v) is 7.28. The zero-order valence-electron chi connectivity index (χ0n) is 14.7. The first-order chi connectivity index (χ1) is 13.8. The molecule has 2 aromatic heterocycles. The van der Waals surface area contributed by atoms with Gasteiger partial charge in [0.2, 0.25) is 0 Å². The standard InChI is InChI=1S/C18H11ClN4O3S3/c1-9-7-20-18-23(9)29(25,26)16-5-11(12(19)6-15(16)28-18)17(24)22-10-2-3-13-14(4-10)27-8-21-13/h2-8H,1H3,(H,22,24). The number of hydrogen-bond acceptors (Lipinski definition) is 7. The number of anilines is 1. The van der Waals surface area contributed by atoms with Crippen LogP contribution in [0.2, 0.25) is 5.02 Å². The van der Waals surface area contributed by atoms with Gasteiger partial charge in [-0.1, -0.05) is 11.6 Å². The fourth-order valence-electron chi connectivity index (χ4n) is 3.08. The van der Waals surface area contributed by atoms with E-state index in [1.807, 2.05) is 6.07 Å². The van der Waals surface area contributed by atoms with E-state index in [-0.39, 0.29) is 15.5 Å². The second kappa shape index (κ2) is 6.56. The molecule has 0 fully saturated rings. The van der Waals surface area contributed by atoms with Gasteiger partial charge in [-0.2, -0.15) is 0 Å². The van der Waals surface area contributed by atoms with Gasteiger partial charge in [0, 0.05) is 10.6 Å². The molecule has 146 valence electrons. The van der Waals surface area contributed by atoms with Crippen molar-refractivity contribution in [1.29, 1.82) is 0 Å². The number of hydrogen-bond donors (Lipinski definition) is 1. The molecule has 29 heavy (non-hydrogen) atoms. The van der Waals surface area contributed by atoms with Crippen molar-refractivity contribution in [2.45, 2.75) is 21.9 Å². The van der Waals surface area contributed by atoms with E-state index in [4.69, 9.17) is 11.6 Å². The van der Waals surface area contributed by atoms with Gasteiger partial charge in [-0.3, -0.25) is 4.79 Å². The number of aryl methyl sites for hydroxylation is 1. The predicted octanol–water partition coefficient (Wildman–Crippen LogP) is 4.41. The molecule has 0 aliphatic carbocycles. The largest absolute Gasteiger partial charge is 0.322 e. The predicted molar refractivity (Wildman–Crippen MR) is 113 cm³/mol. The van der Waals surface area contributed by atoms with Gasteiger partial charge in [0.05, 0.1) is 38.2 Å². The summed E-state index contributed by atoms with van der Waals surface area (Å²) in [6.45, 7) is 1.67. The summed E-state index contributed by atoms with van der Waals surface area (Å²) in [7, 11) is -3.87. The average Bonchev–Trinajstić information content (AvgIpc) is 3.27. The highest BCUT2D eigenvalue weighted by Crippen LogP contribution is 2.42. The Morgan fingerprint density at radius 1 is 1.21 bits per heavy atom. The second-order valence-corrected chi connectivity index (χ2v) is 10.4. The number of nitrogens with zero attached hydrogens (tertiary/aromatic N) is 3. The van der Waals surface area contributed by atoms with Crippen molar-refractivity contribution >= 4 is 66.5 Å². The number of carbonyl (C=O) groups is 1. The zero-order chi connectivity index (χ0) is 20.3. The van der Waals surface area contributed by atoms with E-state index in [1.54, 1.807) is 24.6 Å². The van der Waals surface area contributed by atoms with Crippen molar-refractivity contribution in [3.8, 4) is 0 Å². The molecule has 11 heteroatoms. The lowest BCUT2D eigenvalue weighted by Crippen LogP contribution is -2.21. The molecule has 5 rings (SSSR count). The summed E-state index contributed by atoms with van der Waals surface area (Å²) in [5.41, 5.74) is 3.73. The van der Waals surface area contributed by atoms with Crippen LogP contribution in [0.25, 0.3) is 10.2 Å². The minimum atomic E-state index is -3.87. The number of amides is 1. The number of nitrogens with one attached hydrogen (secondary N) is 1. The monoisotopic (exact) mass is 462 g/mol. The SMILES string of the molecule is Cc1cnc2n1S(=O)(=O)c1cc(C(=O)Nc3ccc4ncsc4c3)c(Cl)cc1S2. The van der Waals surface area contributed by atoms with Crippen LogP contribution >= 0.6 is 34.7 Å². The van der Waals surface area contributed by atoms with E-state index in [9.17, 15) is 13.2 Å². The molecule has 0 spiro atoms. The maximum absolute atomic E-state index is 13.1. The smallest absolute Gasteiger partial charge is 0.271 e. The quantitative estimate of drug-likeness (QED) is 0.417. The Hall–Kier alpha value is -2.40. The maximum atomic E-state index is 13.1. The van der Waals surface area contributed by atoms with Gasteiger partial charge in [-0.05, 0) is 49.0 Å². The van der Waals surface area contributed by atoms with E-state index >= 15 is 0 Å². The Morgan fingerprint density at radius 2 is 2.03 bits per heavy atom. The minimum Gasteiger partial charge on any atom is -0.322 e. The van der Waals surface area contributed by atoms with Crippen LogP contribution in [0.3, 0.4) is 0 Å². The Kier molecular flexibility index (Phi) is 4.21. The highest BCUT2D eigenvalue weighted by atomic mass is 35.5. The summed E-state index contributed by atoms with van der Waals surface area (Å²) in [6, 6.07) is 8.17. The summed E-state index contributed by atoms with van der Waals surface area (Å²) < 4.78 is 28.2. The summed E-state index contributed by atoms with van der Waals surface area (Å²) in [4.78, 5) is 21.7. The van der Waals surface area contributed by atoms with Crippen LogP contribution in [0, 0.1) is 6.92 Å². The number of benzene rings is 2. The number of rotatable bonds is 2. The minimum absolute atomic E-state index is 0.0311. The number of imidazole rings is 1. The topological polar surface area (TPSA) is 94.0 Å². The van der Waals surface area contributed by atoms with Gasteiger partial charge in [0.15, 0.2) is 5.16 Å². The van der Waals surface area contributed by atoms with Crippen LogP contribution < -0.4 is 5.32 Å². The Morgan fingerprint density at radius 3 is 2.86 bits per heavy atom. The van der Waals surface area contributed by atoms with E-state index in [0.29, 0.717) is 21.4 Å². The fraction of sp³-hybridized carbons (Fsp3) is 0.0556. The normalized spacial score (nSPS) is 14.4.